The molecule has 8 nitrogen and oxygen atoms in total. The van der Waals surface area contributed by atoms with Gasteiger partial charge in [0, 0.05) is 138 Å². The quantitative estimate of drug-likeness (QED) is 0.218. The van der Waals surface area contributed by atoms with Crippen LogP contribution in [0.3, 0.4) is 0 Å². The molecule has 112 valence electrons. The van der Waals surface area contributed by atoms with Gasteiger partial charge in [0.1, 0.15) is 0 Å². The van der Waals surface area contributed by atoms with Crippen molar-refractivity contribution in [1.29, 1.82) is 0 Å². The monoisotopic (exact) mass is 923 g/mol. The van der Waals surface area contributed by atoms with Gasteiger partial charge < -0.3 is 32.9 Å². The minimum Gasteiger partial charge on any atom is 0 e. The fourth-order valence-electron chi connectivity index (χ4n) is 0. The molecule has 0 aliphatic rings. The number of hydrogen-bond acceptors (Lipinski definition) is 2. The van der Waals surface area contributed by atoms with Gasteiger partial charge in [-0.3, -0.25) is 0 Å². The van der Waals surface area contributed by atoms with E-state index < -0.39 is 0 Å². The van der Waals surface area contributed by atoms with Crippen LogP contribution in [0.15, 0.2) is 0 Å². The molecule has 0 aromatic rings. The summed E-state index contributed by atoms with van der Waals surface area (Å²) in [6.07, 6.45) is 0. The molecule has 0 fully saturated rings. The summed E-state index contributed by atoms with van der Waals surface area (Å²) in [5.74, 6) is 0. The maximum Gasteiger partial charge on any atom is 0 e. The van der Waals surface area contributed by atoms with Gasteiger partial charge in [0.15, 0.2) is 0 Å². The number of rotatable bonds is 0. The van der Waals surface area contributed by atoms with Crippen LogP contribution in [0.2, 0.25) is 0 Å². The molecule has 0 aliphatic heterocycles. The Morgan fingerprint density at radius 1 is 0.438 bits per heavy atom. The van der Waals surface area contributed by atoms with E-state index >= 15 is 0 Å². The Bertz CT molecular complexity index is 30.0. The van der Waals surface area contributed by atoms with Crippen molar-refractivity contribution in [2.24, 2.45) is 0 Å². The molecule has 0 saturated heterocycles. The zero-order chi connectivity index (χ0) is 4.00. The summed E-state index contributed by atoms with van der Waals surface area (Å²) in [7, 11) is 0. The van der Waals surface area contributed by atoms with Crippen molar-refractivity contribution >= 4 is 0 Å². The van der Waals surface area contributed by atoms with Crippen molar-refractivity contribution < 1.29 is 220 Å². The average Bonchev–Trinajstić information content (AvgIpc) is 1.50. The van der Waals surface area contributed by atoms with Crippen molar-refractivity contribution in [3.8, 4) is 0 Å². The standard InChI is InChI=1S/4Ag.2Cd.6H2O.2O.2Zn/h;;;;;;6*1H2;;;;. The van der Waals surface area contributed by atoms with E-state index in [0.29, 0.717) is 0 Å². The fourth-order valence-corrected chi connectivity index (χ4v) is 0. The molecular weight excluding hydrogens is 915 g/mol. The van der Waals surface area contributed by atoms with E-state index in [9.17, 15) is 0 Å². The summed E-state index contributed by atoms with van der Waals surface area (Å²) >= 11 is 3.40. The molecule has 2 radical (unpaired) electrons. The molecule has 0 unspecified atom stereocenters. The molecule has 0 heterocycles. The Labute approximate surface area is 215 Å². The molecule has 12 N–H and O–H groups in total. The van der Waals surface area contributed by atoms with Crippen LogP contribution >= 0.6 is 0 Å². The molecule has 0 aromatic carbocycles. The van der Waals surface area contributed by atoms with Gasteiger partial charge in [-0.15, -0.1) is 0 Å². The molecule has 0 atom stereocenters. The fraction of sp³-hybridized carbons (Fsp3) is 0. The Morgan fingerprint density at radius 3 is 0.438 bits per heavy atom. The van der Waals surface area contributed by atoms with E-state index in [1.807, 2.05) is 0 Å². The van der Waals surface area contributed by atoms with Crippen LogP contribution in [0.1, 0.15) is 0 Å². The second kappa shape index (κ2) is 263. The first kappa shape index (κ1) is 162. The summed E-state index contributed by atoms with van der Waals surface area (Å²) in [5.41, 5.74) is 0. The zero-order valence-corrected chi connectivity index (χ0v) is 27.8. The van der Waals surface area contributed by atoms with Crippen LogP contribution in [0, 0.1) is 0 Å². The SMILES string of the molecule is O.O.O.O.O.O.[Ag].[Ag].[Cd].[Cd].[O]=[Ag].[O]=[Ag].[Zn].[Zn]. The predicted octanol–water partition coefficient (Wildman–Crippen LogP) is -5.21. The number of hydrogen-bond donors (Lipinski definition) is 0. The minimum atomic E-state index is 0. The maximum absolute atomic E-state index is 8.06. The molecule has 16 heteroatoms. The second-order valence-electron chi connectivity index (χ2n) is 0. The minimum absolute atomic E-state index is 0. The van der Waals surface area contributed by atoms with Crippen molar-refractivity contribution in [3.63, 3.8) is 0 Å². The zero-order valence-electron chi connectivity index (χ0n) is 7.85. The molecule has 0 rings (SSSR count). The van der Waals surface area contributed by atoms with E-state index in [-0.39, 0.29) is 171 Å². The van der Waals surface area contributed by atoms with E-state index in [4.69, 9.17) is 6.50 Å². The Hall–Kier alpha value is 5.41. The van der Waals surface area contributed by atoms with Gasteiger partial charge >= 0.3 is 48.6 Å². The van der Waals surface area contributed by atoms with E-state index in [1.165, 1.54) is 0 Å². The summed E-state index contributed by atoms with van der Waals surface area (Å²) in [6, 6.07) is 0. The molecule has 0 aromatic heterocycles. The molecular formula is H12Ag4Cd2O8Zn2. The molecule has 16 heavy (non-hydrogen) atoms. The van der Waals surface area contributed by atoms with Crippen molar-refractivity contribution in [2.75, 3.05) is 0 Å². The summed E-state index contributed by atoms with van der Waals surface area (Å²) in [6.45, 7) is 0. The third kappa shape index (κ3) is 225. The normalized spacial score (nSPS) is 0.750. The van der Waals surface area contributed by atoms with Crippen LogP contribution in [0.25, 0.3) is 0 Å². The van der Waals surface area contributed by atoms with E-state index in [0.717, 1.165) is 0 Å². The van der Waals surface area contributed by atoms with Crippen molar-refractivity contribution in [3.05, 3.63) is 0 Å². The van der Waals surface area contributed by atoms with Crippen LogP contribution in [-0.2, 0) is 187 Å². The van der Waals surface area contributed by atoms with Crippen molar-refractivity contribution in [2.45, 2.75) is 0 Å². The van der Waals surface area contributed by atoms with Gasteiger partial charge in [0.05, 0.1) is 0 Å². The van der Waals surface area contributed by atoms with Gasteiger partial charge in [-0.1, -0.05) is 0 Å². The molecule has 0 aliphatic carbocycles. The summed E-state index contributed by atoms with van der Waals surface area (Å²) in [5, 5.41) is 0. The topological polar surface area (TPSA) is 223 Å². The van der Waals surface area contributed by atoms with Crippen LogP contribution in [0.4, 0.5) is 0 Å². The molecule has 0 spiro atoms. The molecule has 0 bridgehead atoms. The summed E-state index contributed by atoms with van der Waals surface area (Å²) < 4.78 is 16.1. The van der Waals surface area contributed by atoms with Crippen molar-refractivity contribution in [1.82, 2.24) is 0 Å². The van der Waals surface area contributed by atoms with Crippen LogP contribution < -0.4 is 0 Å². The largest absolute Gasteiger partial charge is 0 e. The second-order valence-corrected chi connectivity index (χ2v) is 0. The first-order valence-corrected chi connectivity index (χ1v) is 1.46. The van der Waals surface area contributed by atoms with E-state index in [2.05, 4.69) is 0 Å². The van der Waals surface area contributed by atoms with Crippen LogP contribution in [-0.4, -0.2) is 32.9 Å². The Kier molecular flexibility index (Phi) is 2670. The third-order valence-electron chi connectivity index (χ3n) is 0. The molecule has 0 saturated carbocycles. The van der Waals surface area contributed by atoms with Gasteiger partial charge in [-0.25, -0.2) is 0 Å². The van der Waals surface area contributed by atoms with Gasteiger partial charge in [0.2, 0.25) is 0 Å². The first-order chi connectivity index (χ1) is 2.00. The Balaban J connectivity index is -0.000000000238. The molecule has 0 amide bonds. The third-order valence-corrected chi connectivity index (χ3v) is 0. The van der Waals surface area contributed by atoms with Gasteiger partial charge in [0.25, 0.3) is 0 Å². The smallest absolute Gasteiger partial charge is 0 e. The van der Waals surface area contributed by atoms with Gasteiger partial charge in [-0.05, 0) is 0 Å². The predicted molar refractivity (Wildman–Crippen MR) is 23.1 cm³/mol. The van der Waals surface area contributed by atoms with Gasteiger partial charge in [-0.2, -0.15) is 0 Å². The first-order valence-electron chi connectivity index (χ1n) is 0.246. The van der Waals surface area contributed by atoms with Crippen LogP contribution in [0.5, 0.6) is 0 Å². The Morgan fingerprint density at radius 2 is 0.438 bits per heavy atom. The summed E-state index contributed by atoms with van der Waals surface area (Å²) in [4.78, 5) is 0. The average molecular weight is 927 g/mol. The van der Waals surface area contributed by atoms with E-state index in [1.54, 1.807) is 42.1 Å². The maximum atomic E-state index is 8.06.